The Morgan fingerprint density at radius 2 is 1.83 bits per heavy atom. The number of carbonyl (C=O) groups excluding carboxylic acids is 1. The number of aliphatic hydroxyl groups excluding tert-OH is 1. The Bertz CT molecular complexity index is 676. The molecule has 2 aromatic rings. The topological polar surface area (TPSA) is 84.8 Å². The van der Waals surface area contributed by atoms with Crippen LogP contribution < -0.4 is 10.8 Å². The van der Waals surface area contributed by atoms with E-state index in [4.69, 9.17) is 5.21 Å². The van der Waals surface area contributed by atoms with Crippen LogP contribution in [0, 0.1) is 0 Å². The molecule has 4 N–H and O–H groups in total. The molecule has 1 aliphatic rings. The minimum absolute atomic E-state index is 0.0637. The molecule has 2 aromatic carbocycles. The first-order chi connectivity index (χ1) is 11.7. The second kappa shape index (κ2) is 7.44. The van der Waals surface area contributed by atoms with Crippen molar-refractivity contribution in [2.24, 2.45) is 0 Å². The number of hydroxylamine groups is 1. The van der Waals surface area contributed by atoms with E-state index < -0.39 is 12.1 Å². The van der Waals surface area contributed by atoms with E-state index in [1.165, 1.54) is 5.56 Å². The Kier molecular flexibility index (Phi) is 5.10. The Labute approximate surface area is 140 Å². The van der Waals surface area contributed by atoms with Crippen LogP contribution in [-0.4, -0.2) is 39.9 Å². The first kappa shape index (κ1) is 16.4. The van der Waals surface area contributed by atoms with Crippen LogP contribution in [-0.2, 0) is 6.54 Å². The van der Waals surface area contributed by atoms with Crippen molar-refractivity contribution in [3.63, 3.8) is 0 Å². The molecule has 0 bridgehead atoms. The molecule has 1 saturated heterocycles. The number of anilines is 1. The van der Waals surface area contributed by atoms with E-state index in [0.29, 0.717) is 5.56 Å². The molecule has 2 atom stereocenters. The molecule has 1 heterocycles. The summed E-state index contributed by atoms with van der Waals surface area (Å²) in [6.45, 7) is 1.54. The fourth-order valence-corrected chi connectivity index (χ4v) is 2.97. The summed E-state index contributed by atoms with van der Waals surface area (Å²) in [6, 6.07) is 16.8. The summed E-state index contributed by atoms with van der Waals surface area (Å²) in [5, 5.41) is 22.4. The molecule has 0 radical (unpaired) electrons. The van der Waals surface area contributed by atoms with E-state index in [2.05, 4.69) is 17.4 Å². The van der Waals surface area contributed by atoms with Crippen LogP contribution in [0.1, 0.15) is 22.3 Å². The van der Waals surface area contributed by atoms with Gasteiger partial charge in [-0.2, -0.15) is 0 Å². The maximum Gasteiger partial charge on any atom is 0.274 e. The summed E-state index contributed by atoms with van der Waals surface area (Å²) in [7, 11) is 0. The van der Waals surface area contributed by atoms with Crippen molar-refractivity contribution in [1.82, 2.24) is 10.4 Å². The van der Waals surface area contributed by atoms with Crippen molar-refractivity contribution >= 4 is 11.6 Å². The molecule has 3 rings (SSSR count). The van der Waals surface area contributed by atoms with Crippen LogP contribution >= 0.6 is 0 Å². The first-order valence-electron chi connectivity index (χ1n) is 7.94. The second-order valence-corrected chi connectivity index (χ2v) is 5.93. The number of hydrogen-bond donors (Lipinski definition) is 4. The van der Waals surface area contributed by atoms with Crippen LogP contribution in [0.15, 0.2) is 54.6 Å². The van der Waals surface area contributed by atoms with E-state index in [9.17, 15) is 9.90 Å². The van der Waals surface area contributed by atoms with Crippen LogP contribution in [0.4, 0.5) is 5.69 Å². The van der Waals surface area contributed by atoms with Crippen LogP contribution in [0.5, 0.6) is 0 Å². The van der Waals surface area contributed by atoms with Crippen molar-refractivity contribution in [2.75, 3.05) is 11.9 Å². The van der Waals surface area contributed by atoms with Gasteiger partial charge in [0.05, 0.1) is 6.04 Å². The molecule has 1 fully saturated rings. The molecular formula is C18H21N3O3. The molecule has 6 heteroatoms. The minimum atomic E-state index is -0.564. The number of amides is 1. The van der Waals surface area contributed by atoms with Gasteiger partial charge in [0.25, 0.3) is 5.91 Å². The standard InChI is InChI=1S/C18H21N3O3/c22-17(20-24)14-6-8-15(9-7-14)19-16-10-11-21(18(16)23)12-13-4-2-1-3-5-13/h1-9,16,18-19,23-24H,10-12H2,(H,20,22). The van der Waals surface area contributed by atoms with Crippen molar-refractivity contribution < 1.29 is 15.1 Å². The molecule has 0 aromatic heterocycles. The van der Waals surface area contributed by atoms with Crippen LogP contribution in [0.3, 0.4) is 0 Å². The number of hydrogen-bond acceptors (Lipinski definition) is 5. The maximum atomic E-state index is 11.3. The van der Waals surface area contributed by atoms with Gasteiger partial charge in [0.15, 0.2) is 0 Å². The SMILES string of the molecule is O=C(NO)c1ccc(NC2CCN(Cc3ccccc3)C2O)cc1. The Morgan fingerprint density at radius 1 is 1.12 bits per heavy atom. The highest BCUT2D eigenvalue weighted by Gasteiger charge is 2.32. The molecule has 0 saturated carbocycles. The second-order valence-electron chi connectivity index (χ2n) is 5.93. The van der Waals surface area contributed by atoms with Crippen LogP contribution in [0.2, 0.25) is 0 Å². The smallest absolute Gasteiger partial charge is 0.274 e. The van der Waals surface area contributed by atoms with E-state index in [-0.39, 0.29) is 6.04 Å². The van der Waals surface area contributed by atoms with Gasteiger partial charge in [0.1, 0.15) is 6.23 Å². The molecule has 1 amide bonds. The molecule has 2 unspecified atom stereocenters. The maximum absolute atomic E-state index is 11.3. The molecule has 0 spiro atoms. The number of nitrogens with one attached hydrogen (secondary N) is 2. The lowest BCUT2D eigenvalue weighted by atomic mass is 10.1. The predicted molar refractivity (Wildman–Crippen MR) is 90.6 cm³/mol. The normalized spacial score (nSPS) is 20.8. The fraction of sp³-hybridized carbons (Fsp3) is 0.278. The van der Waals surface area contributed by atoms with Gasteiger partial charge in [0, 0.05) is 24.3 Å². The van der Waals surface area contributed by atoms with Crippen LogP contribution in [0.25, 0.3) is 0 Å². The zero-order chi connectivity index (χ0) is 16.9. The van der Waals surface area contributed by atoms with Gasteiger partial charge in [0.2, 0.25) is 0 Å². The van der Waals surface area contributed by atoms with Gasteiger partial charge in [-0.1, -0.05) is 30.3 Å². The van der Waals surface area contributed by atoms with E-state index in [1.807, 2.05) is 23.1 Å². The molecule has 0 aliphatic carbocycles. The highest BCUT2D eigenvalue weighted by Crippen LogP contribution is 2.22. The summed E-state index contributed by atoms with van der Waals surface area (Å²) in [5.41, 5.74) is 3.99. The largest absolute Gasteiger partial charge is 0.378 e. The molecule has 24 heavy (non-hydrogen) atoms. The Morgan fingerprint density at radius 3 is 2.50 bits per heavy atom. The highest BCUT2D eigenvalue weighted by atomic mass is 16.5. The van der Waals surface area contributed by atoms with Crippen molar-refractivity contribution in [3.8, 4) is 0 Å². The Hall–Kier alpha value is -2.41. The van der Waals surface area contributed by atoms with Gasteiger partial charge in [-0.25, -0.2) is 5.48 Å². The molecule has 6 nitrogen and oxygen atoms in total. The summed E-state index contributed by atoms with van der Waals surface area (Å²) in [5.74, 6) is -0.545. The zero-order valence-electron chi connectivity index (χ0n) is 13.2. The van der Waals surface area contributed by atoms with E-state index in [1.54, 1.807) is 29.7 Å². The number of rotatable bonds is 5. The average Bonchev–Trinajstić information content (AvgIpc) is 2.96. The number of likely N-dealkylation sites (tertiary alicyclic amines) is 1. The summed E-state index contributed by atoms with van der Waals surface area (Å²) in [4.78, 5) is 13.4. The monoisotopic (exact) mass is 327 g/mol. The third-order valence-electron chi connectivity index (χ3n) is 4.29. The number of aliphatic hydroxyl groups is 1. The highest BCUT2D eigenvalue weighted by molar-refractivity contribution is 5.93. The summed E-state index contributed by atoms with van der Waals surface area (Å²) in [6.07, 6.45) is 0.276. The number of nitrogens with zero attached hydrogens (tertiary/aromatic N) is 1. The fourth-order valence-electron chi connectivity index (χ4n) is 2.97. The lowest BCUT2D eigenvalue weighted by Crippen LogP contribution is -2.38. The predicted octanol–water partition coefficient (Wildman–Crippen LogP) is 1.81. The van der Waals surface area contributed by atoms with Gasteiger partial charge >= 0.3 is 0 Å². The molecule has 1 aliphatic heterocycles. The lowest BCUT2D eigenvalue weighted by Gasteiger charge is -2.24. The first-order valence-corrected chi connectivity index (χ1v) is 7.94. The average molecular weight is 327 g/mol. The number of carbonyl (C=O) groups is 1. The van der Waals surface area contributed by atoms with Gasteiger partial charge in [-0.05, 0) is 36.2 Å². The lowest BCUT2D eigenvalue weighted by molar-refractivity contribution is 0.0266. The van der Waals surface area contributed by atoms with Crippen molar-refractivity contribution in [1.29, 1.82) is 0 Å². The quantitative estimate of drug-likeness (QED) is 0.497. The minimum Gasteiger partial charge on any atom is -0.378 e. The third-order valence-corrected chi connectivity index (χ3v) is 4.29. The summed E-state index contributed by atoms with van der Waals surface area (Å²) < 4.78 is 0. The number of benzene rings is 2. The third kappa shape index (κ3) is 3.73. The van der Waals surface area contributed by atoms with Gasteiger partial charge < -0.3 is 10.4 Å². The zero-order valence-corrected chi connectivity index (χ0v) is 13.2. The van der Waals surface area contributed by atoms with E-state index >= 15 is 0 Å². The van der Waals surface area contributed by atoms with Gasteiger partial charge in [-0.15, -0.1) is 0 Å². The van der Waals surface area contributed by atoms with Crippen molar-refractivity contribution in [3.05, 3.63) is 65.7 Å². The summed E-state index contributed by atoms with van der Waals surface area (Å²) >= 11 is 0. The van der Waals surface area contributed by atoms with Crippen molar-refractivity contribution in [2.45, 2.75) is 25.2 Å². The molecule has 126 valence electrons. The molecular weight excluding hydrogens is 306 g/mol. The van der Waals surface area contributed by atoms with E-state index in [0.717, 1.165) is 25.2 Å². The van der Waals surface area contributed by atoms with Gasteiger partial charge in [-0.3, -0.25) is 14.9 Å². The Balaban J connectivity index is 1.59.